The Morgan fingerprint density at radius 3 is 2.42 bits per heavy atom. The Morgan fingerprint density at radius 2 is 1.75 bits per heavy atom. The summed E-state index contributed by atoms with van der Waals surface area (Å²) in [5.41, 5.74) is 3.30. The lowest BCUT2D eigenvalue weighted by molar-refractivity contribution is 0.0727. The minimum Gasteiger partial charge on any atom is -0.494 e. The molecule has 0 spiro atoms. The Kier molecular flexibility index (Phi) is 11.2. The van der Waals surface area contributed by atoms with Crippen LogP contribution in [0.15, 0.2) is 73.6 Å². The fourth-order valence-electron chi connectivity index (χ4n) is 3.82. The standard InChI is InChI=1S/C31H38N2O3/c1-4-6-8-12-25-13-15-27(16-14-25)31(34)36-30-23-32-29(22-33-30)26-17-19-28(20-18-26)35-21-10-7-9-11-24(3)5-2/h4,13-20,22-24H,1,5-12,21H2,2-3H3. The second kappa shape index (κ2) is 14.8. The zero-order chi connectivity index (χ0) is 25.6. The number of carbonyl (C=O) groups excluding carboxylic acids is 1. The number of hydrogen-bond donors (Lipinski definition) is 0. The molecule has 5 nitrogen and oxygen atoms in total. The van der Waals surface area contributed by atoms with Gasteiger partial charge < -0.3 is 9.47 Å². The third-order valence-corrected chi connectivity index (χ3v) is 6.35. The number of aromatic nitrogens is 2. The van der Waals surface area contributed by atoms with Gasteiger partial charge in [0.15, 0.2) is 0 Å². The molecule has 2 aromatic carbocycles. The molecule has 0 N–H and O–H groups in total. The summed E-state index contributed by atoms with van der Waals surface area (Å²) in [4.78, 5) is 21.1. The SMILES string of the molecule is C=CCCCc1ccc(C(=O)Oc2cnc(-c3ccc(OCCCCCC(C)CC)cc3)cn2)cc1. The van der Waals surface area contributed by atoms with E-state index < -0.39 is 5.97 Å². The van der Waals surface area contributed by atoms with Gasteiger partial charge in [0.25, 0.3) is 0 Å². The van der Waals surface area contributed by atoms with Crippen LogP contribution in [0.1, 0.15) is 74.7 Å². The summed E-state index contributed by atoms with van der Waals surface area (Å²) in [6, 6.07) is 15.3. The molecule has 190 valence electrons. The summed E-state index contributed by atoms with van der Waals surface area (Å²) in [6.07, 6.45) is 14.1. The van der Waals surface area contributed by atoms with Crippen LogP contribution >= 0.6 is 0 Å². The molecule has 0 aliphatic rings. The summed E-state index contributed by atoms with van der Waals surface area (Å²) in [7, 11) is 0. The first-order chi connectivity index (χ1) is 17.6. The number of benzene rings is 2. The Hall–Kier alpha value is -3.47. The average Bonchev–Trinajstić information content (AvgIpc) is 2.92. The van der Waals surface area contributed by atoms with E-state index in [4.69, 9.17) is 9.47 Å². The van der Waals surface area contributed by atoms with Crippen molar-refractivity contribution < 1.29 is 14.3 Å². The van der Waals surface area contributed by atoms with Gasteiger partial charge in [0.05, 0.1) is 30.3 Å². The van der Waals surface area contributed by atoms with Crippen molar-refractivity contribution in [3.05, 3.63) is 84.7 Å². The van der Waals surface area contributed by atoms with Gasteiger partial charge in [-0.05, 0) is 73.6 Å². The van der Waals surface area contributed by atoms with Gasteiger partial charge in [-0.1, -0.05) is 57.7 Å². The normalized spacial score (nSPS) is 11.6. The molecule has 1 heterocycles. The first-order valence-electron chi connectivity index (χ1n) is 13.1. The molecule has 0 radical (unpaired) electrons. The lowest BCUT2D eigenvalue weighted by Gasteiger charge is -2.09. The van der Waals surface area contributed by atoms with E-state index in [-0.39, 0.29) is 5.88 Å². The van der Waals surface area contributed by atoms with Gasteiger partial charge in [-0.15, -0.1) is 6.58 Å². The van der Waals surface area contributed by atoms with Crippen molar-refractivity contribution >= 4 is 5.97 Å². The molecule has 36 heavy (non-hydrogen) atoms. The van der Waals surface area contributed by atoms with Crippen molar-refractivity contribution in [2.45, 2.75) is 65.2 Å². The fraction of sp³-hybridized carbons (Fsp3) is 0.387. The van der Waals surface area contributed by atoms with E-state index in [9.17, 15) is 4.79 Å². The second-order valence-corrected chi connectivity index (χ2v) is 9.24. The molecule has 0 aliphatic heterocycles. The van der Waals surface area contributed by atoms with Gasteiger partial charge in [0.2, 0.25) is 5.88 Å². The maximum atomic E-state index is 12.4. The van der Waals surface area contributed by atoms with E-state index in [1.807, 2.05) is 42.5 Å². The van der Waals surface area contributed by atoms with Crippen LogP contribution in [0.25, 0.3) is 11.3 Å². The number of aryl methyl sites for hydroxylation is 1. The maximum absolute atomic E-state index is 12.4. The van der Waals surface area contributed by atoms with Crippen LogP contribution in [0, 0.1) is 5.92 Å². The van der Waals surface area contributed by atoms with Crippen LogP contribution in [-0.4, -0.2) is 22.5 Å². The molecule has 1 atom stereocenters. The van der Waals surface area contributed by atoms with E-state index >= 15 is 0 Å². The first-order valence-corrected chi connectivity index (χ1v) is 13.1. The smallest absolute Gasteiger partial charge is 0.344 e. The molecule has 0 fully saturated rings. The lowest BCUT2D eigenvalue weighted by Crippen LogP contribution is -2.09. The number of carbonyl (C=O) groups is 1. The second-order valence-electron chi connectivity index (χ2n) is 9.24. The molecule has 0 aliphatic carbocycles. The van der Waals surface area contributed by atoms with Crippen molar-refractivity contribution in [2.75, 3.05) is 6.61 Å². The highest BCUT2D eigenvalue weighted by atomic mass is 16.5. The highest BCUT2D eigenvalue weighted by Gasteiger charge is 2.10. The number of allylic oxidation sites excluding steroid dienone is 1. The van der Waals surface area contributed by atoms with Gasteiger partial charge in [-0.2, -0.15) is 0 Å². The summed E-state index contributed by atoms with van der Waals surface area (Å²) in [5.74, 6) is 1.39. The number of rotatable bonds is 15. The zero-order valence-electron chi connectivity index (χ0n) is 21.6. The van der Waals surface area contributed by atoms with E-state index in [0.29, 0.717) is 11.3 Å². The minimum atomic E-state index is -0.448. The predicted molar refractivity (Wildman–Crippen MR) is 145 cm³/mol. The van der Waals surface area contributed by atoms with E-state index in [0.717, 1.165) is 49.5 Å². The summed E-state index contributed by atoms with van der Waals surface area (Å²) in [6.45, 7) is 9.04. The number of nitrogens with zero attached hydrogens (tertiary/aromatic N) is 2. The topological polar surface area (TPSA) is 61.3 Å². The van der Waals surface area contributed by atoms with Gasteiger partial charge in [0.1, 0.15) is 5.75 Å². The highest BCUT2D eigenvalue weighted by molar-refractivity contribution is 5.90. The third-order valence-electron chi connectivity index (χ3n) is 6.35. The molecular weight excluding hydrogens is 448 g/mol. The predicted octanol–water partition coefficient (Wildman–Crippen LogP) is 7.86. The molecule has 1 unspecified atom stereocenters. The highest BCUT2D eigenvalue weighted by Crippen LogP contribution is 2.22. The Labute approximate surface area is 215 Å². The van der Waals surface area contributed by atoms with Crippen molar-refractivity contribution in [1.82, 2.24) is 9.97 Å². The van der Waals surface area contributed by atoms with Crippen molar-refractivity contribution in [2.24, 2.45) is 5.92 Å². The molecule has 3 aromatic rings. The summed E-state index contributed by atoms with van der Waals surface area (Å²) < 4.78 is 11.3. The van der Waals surface area contributed by atoms with Crippen LogP contribution in [0.4, 0.5) is 0 Å². The van der Waals surface area contributed by atoms with Crippen LogP contribution in [0.2, 0.25) is 0 Å². The van der Waals surface area contributed by atoms with Crippen LogP contribution in [-0.2, 0) is 6.42 Å². The zero-order valence-corrected chi connectivity index (χ0v) is 21.6. The van der Waals surface area contributed by atoms with Crippen molar-refractivity contribution in [3.63, 3.8) is 0 Å². The van der Waals surface area contributed by atoms with E-state index in [1.165, 1.54) is 37.4 Å². The van der Waals surface area contributed by atoms with Gasteiger partial charge in [0, 0.05) is 5.56 Å². The number of ether oxygens (including phenoxy) is 2. The van der Waals surface area contributed by atoms with Crippen LogP contribution in [0.5, 0.6) is 11.6 Å². The number of esters is 1. The van der Waals surface area contributed by atoms with E-state index in [1.54, 1.807) is 18.3 Å². The first kappa shape index (κ1) is 27.1. The monoisotopic (exact) mass is 486 g/mol. The van der Waals surface area contributed by atoms with Gasteiger partial charge in [-0.3, -0.25) is 0 Å². The number of unbranched alkanes of at least 4 members (excludes halogenated alkanes) is 3. The van der Waals surface area contributed by atoms with Crippen LogP contribution < -0.4 is 9.47 Å². The molecule has 0 bridgehead atoms. The third kappa shape index (κ3) is 8.95. The largest absolute Gasteiger partial charge is 0.494 e. The molecular formula is C31H38N2O3. The van der Waals surface area contributed by atoms with Crippen LogP contribution in [0.3, 0.4) is 0 Å². The molecule has 1 aromatic heterocycles. The molecule has 5 heteroatoms. The summed E-state index contributed by atoms with van der Waals surface area (Å²) in [5, 5.41) is 0. The minimum absolute atomic E-state index is 0.173. The van der Waals surface area contributed by atoms with Crippen molar-refractivity contribution in [3.8, 4) is 22.9 Å². The average molecular weight is 487 g/mol. The van der Waals surface area contributed by atoms with E-state index in [2.05, 4.69) is 30.4 Å². The Balaban J connectivity index is 1.45. The van der Waals surface area contributed by atoms with Crippen molar-refractivity contribution in [1.29, 1.82) is 0 Å². The Bertz CT molecular complexity index is 1060. The summed E-state index contributed by atoms with van der Waals surface area (Å²) >= 11 is 0. The van der Waals surface area contributed by atoms with Gasteiger partial charge >= 0.3 is 5.97 Å². The molecule has 0 amide bonds. The van der Waals surface area contributed by atoms with Gasteiger partial charge in [-0.25, -0.2) is 14.8 Å². The quantitative estimate of drug-likeness (QED) is 0.124. The molecule has 3 rings (SSSR count). The Morgan fingerprint density at radius 1 is 0.972 bits per heavy atom. The molecule has 0 saturated heterocycles. The fourth-order valence-corrected chi connectivity index (χ4v) is 3.82. The number of hydrogen-bond acceptors (Lipinski definition) is 5. The lowest BCUT2D eigenvalue weighted by atomic mass is 10.0. The molecule has 0 saturated carbocycles. The maximum Gasteiger partial charge on any atom is 0.344 e.